The van der Waals surface area contributed by atoms with Crippen LogP contribution in [0.15, 0.2) is 28.7 Å². The molecule has 0 saturated heterocycles. The second-order valence-corrected chi connectivity index (χ2v) is 5.40. The van der Waals surface area contributed by atoms with E-state index in [4.69, 9.17) is 4.74 Å². The smallest absolute Gasteiger partial charge is 0.176 e. The van der Waals surface area contributed by atoms with Crippen molar-refractivity contribution in [2.24, 2.45) is 0 Å². The van der Waals surface area contributed by atoms with E-state index in [1.54, 1.807) is 7.11 Å². The molecule has 0 fully saturated rings. The van der Waals surface area contributed by atoms with E-state index in [0.29, 0.717) is 19.2 Å². The zero-order valence-corrected chi connectivity index (χ0v) is 12.7. The number of ether oxygens (including phenoxy) is 1. The summed E-state index contributed by atoms with van der Waals surface area (Å²) in [6.07, 6.45) is 0. The lowest BCUT2D eigenvalue weighted by molar-refractivity contribution is 0.0852. The number of nitrogens with zero attached hydrogens (tertiary/aromatic N) is 1. The highest BCUT2D eigenvalue weighted by Crippen LogP contribution is 2.12. The second kappa shape index (κ2) is 7.67. The maximum Gasteiger partial charge on any atom is 0.176 e. The highest BCUT2D eigenvalue weighted by Gasteiger charge is 2.14. The van der Waals surface area contributed by atoms with Crippen LogP contribution in [0.5, 0.6) is 0 Å². The fourth-order valence-electron chi connectivity index (χ4n) is 1.64. The van der Waals surface area contributed by atoms with Gasteiger partial charge in [0.1, 0.15) is 0 Å². The van der Waals surface area contributed by atoms with Crippen molar-refractivity contribution in [1.82, 2.24) is 4.90 Å². The summed E-state index contributed by atoms with van der Waals surface area (Å²) in [5.74, 6) is 0.146. The van der Waals surface area contributed by atoms with E-state index >= 15 is 0 Å². The highest BCUT2D eigenvalue weighted by molar-refractivity contribution is 9.10. The molecular formula is C14H20BrNO2. The average Bonchev–Trinajstić information content (AvgIpc) is 2.34. The van der Waals surface area contributed by atoms with Gasteiger partial charge >= 0.3 is 0 Å². The summed E-state index contributed by atoms with van der Waals surface area (Å²) in [7, 11) is 1.68. The third kappa shape index (κ3) is 4.88. The quantitative estimate of drug-likeness (QED) is 0.725. The first-order chi connectivity index (χ1) is 8.54. The SMILES string of the molecule is COCCN(CC(=O)c1ccc(Br)cc1)C(C)C. The van der Waals surface area contributed by atoms with Crippen LogP contribution in [0.25, 0.3) is 0 Å². The van der Waals surface area contributed by atoms with Crippen LogP contribution in [0.2, 0.25) is 0 Å². The predicted octanol–water partition coefficient (Wildman–Crippen LogP) is 2.99. The van der Waals surface area contributed by atoms with Crippen molar-refractivity contribution in [1.29, 1.82) is 0 Å². The van der Waals surface area contributed by atoms with Crippen LogP contribution in [0.3, 0.4) is 0 Å². The summed E-state index contributed by atoms with van der Waals surface area (Å²) < 4.78 is 6.05. The number of halogens is 1. The fourth-order valence-corrected chi connectivity index (χ4v) is 1.90. The molecule has 1 aromatic rings. The van der Waals surface area contributed by atoms with Crippen molar-refractivity contribution in [2.75, 3.05) is 26.8 Å². The monoisotopic (exact) mass is 313 g/mol. The van der Waals surface area contributed by atoms with E-state index in [-0.39, 0.29) is 5.78 Å². The number of carbonyl (C=O) groups is 1. The van der Waals surface area contributed by atoms with Crippen molar-refractivity contribution in [3.8, 4) is 0 Å². The van der Waals surface area contributed by atoms with E-state index in [1.807, 2.05) is 24.3 Å². The van der Waals surface area contributed by atoms with E-state index in [2.05, 4.69) is 34.7 Å². The molecule has 3 nitrogen and oxygen atoms in total. The van der Waals surface area contributed by atoms with Crippen molar-refractivity contribution in [3.05, 3.63) is 34.3 Å². The van der Waals surface area contributed by atoms with Crippen molar-refractivity contribution >= 4 is 21.7 Å². The van der Waals surface area contributed by atoms with Gasteiger partial charge in [0.2, 0.25) is 0 Å². The molecule has 0 N–H and O–H groups in total. The summed E-state index contributed by atoms with van der Waals surface area (Å²) in [4.78, 5) is 14.3. The third-order valence-corrected chi connectivity index (χ3v) is 3.35. The lowest BCUT2D eigenvalue weighted by atomic mass is 10.1. The Morgan fingerprint density at radius 3 is 2.44 bits per heavy atom. The molecule has 0 unspecified atom stereocenters. The Morgan fingerprint density at radius 1 is 1.33 bits per heavy atom. The minimum absolute atomic E-state index is 0.146. The Labute approximate surface area is 117 Å². The maximum absolute atomic E-state index is 12.1. The number of benzene rings is 1. The normalized spacial score (nSPS) is 11.2. The van der Waals surface area contributed by atoms with Crippen LogP contribution in [0, 0.1) is 0 Å². The zero-order chi connectivity index (χ0) is 13.5. The molecule has 0 spiro atoms. The Bertz CT molecular complexity index is 376. The van der Waals surface area contributed by atoms with Gasteiger partial charge in [0.25, 0.3) is 0 Å². The first kappa shape index (κ1) is 15.3. The second-order valence-electron chi connectivity index (χ2n) is 4.49. The van der Waals surface area contributed by atoms with Crippen molar-refractivity contribution in [2.45, 2.75) is 19.9 Å². The van der Waals surface area contributed by atoms with E-state index in [0.717, 1.165) is 16.6 Å². The predicted molar refractivity (Wildman–Crippen MR) is 77.1 cm³/mol. The molecule has 0 aliphatic heterocycles. The number of hydrogen-bond acceptors (Lipinski definition) is 3. The van der Waals surface area contributed by atoms with E-state index in [9.17, 15) is 4.79 Å². The van der Waals surface area contributed by atoms with Gasteiger partial charge < -0.3 is 4.74 Å². The lowest BCUT2D eigenvalue weighted by Gasteiger charge is -2.25. The minimum atomic E-state index is 0.146. The van der Waals surface area contributed by atoms with Crippen LogP contribution in [0.4, 0.5) is 0 Å². The number of Topliss-reactive ketones (excluding diaryl/α,β-unsaturated/α-hetero) is 1. The Kier molecular flexibility index (Phi) is 6.54. The van der Waals surface area contributed by atoms with Gasteiger partial charge in [-0.05, 0) is 26.0 Å². The topological polar surface area (TPSA) is 29.5 Å². The summed E-state index contributed by atoms with van der Waals surface area (Å²) in [6.45, 7) is 6.03. The molecule has 0 aromatic heterocycles. The summed E-state index contributed by atoms with van der Waals surface area (Å²) >= 11 is 3.36. The van der Waals surface area contributed by atoms with Crippen LogP contribution < -0.4 is 0 Å². The van der Waals surface area contributed by atoms with Gasteiger partial charge in [0.05, 0.1) is 13.2 Å². The number of rotatable bonds is 7. The molecule has 18 heavy (non-hydrogen) atoms. The minimum Gasteiger partial charge on any atom is -0.383 e. The number of carbonyl (C=O) groups excluding carboxylic acids is 1. The Hall–Kier alpha value is -0.710. The molecule has 0 aliphatic carbocycles. The van der Waals surface area contributed by atoms with Gasteiger partial charge in [-0.15, -0.1) is 0 Å². The van der Waals surface area contributed by atoms with E-state index < -0.39 is 0 Å². The molecule has 1 aromatic carbocycles. The molecule has 0 saturated carbocycles. The molecule has 1 rings (SSSR count). The Morgan fingerprint density at radius 2 is 1.94 bits per heavy atom. The molecule has 0 amide bonds. The average molecular weight is 314 g/mol. The molecule has 100 valence electrons. The number of hydrogen-bond donors (Lipinski definition) is 0. The van der Waals surface area contributed by atoms with Gasteiger partial charge in [-0.1, -0.05) is 28.1 Å². The summed E-state index contributed by atoms with van der Waals surface area (Å²) in [5, 5.41) is 0. The molecule has 0 radical (unpaired) electrons. The van der Waals surface area contributed by atoms with Gasteiger partial charge in [-0.2, -0.15) is 0 Å². The zero-order valence-electron chi connectivity index (χ0n) is 11.1. The van der Waals surface area contributed by atoms with Crippen LogP contribution in [-0.4, -0.2) is 43.5 Å². The van der Waals surface area contributed by atoms with Gasteiger partial charge in [-0.25, -0.2) is 0 Å². The first-order valence-electron chi connectivity index (χ1n) is 6.06. The molecule has 0 atom stereocenters. The standard InChI is InChI=1S/C14H20BrNO2/c1-11(2)16(8-9-18-3)10-14(17)12-4-6-13(15)7-5-12/h4-7,11H,8-10H2,1-3H3. The molecular weight excluding hydrogens is 294 g/mol. The first-order valence-corrected chi connectivity index (χ1v) is 6.85. The molecule has 0 heterocycles. The summed E-state index contributed by atoms with van der Waals surface area (Å²) in [5.41, 5.74) is 0.751. The van der Waals surface area contributed by atoms with E-state index in [1.165, 1.54) is 0 Å². The molecule has 0 aliphatic rings. The molecule has 4 heteroatoms. The lowest BCUT2D eigenvalue weighted by Crippen LogP contribution is -2.38. The maximum atomic E-state index is 12.1. The van der Waals surface area contributed by atoms with Gasteiger partial charge in [0, 0.05) is 29.7 Å². The van der Waals surface area contributed by atoms with Crippen LogP contribution >= 0.6 is 15.9 Å². The largest absolute Gasteiger partial charge is 0.383 e. The van der Waals surface area contributed by atoms with Crippen molar-refractivity contribution < 1.29 is 9.53 Å². The summed E-state index contributed by atoms with van der Waals surface area (Å²) in [6, 6.07) is 7.81. The highest BCUT2D eigenvalue weighted by atomic mass is 79.9. The third-order valence-electron chi connectivity index (χ3n) is 2.83. The fraction of sp³-hybridized carbons (Fsp3) is 0.500. The number of ketones is 1. The number of methoxy groups -OCH3 is 1. The van der Waals surface area contributed by atoms with Gasteiger partial charge in [-0.3, -0.25) is 9.69 Å². The van der Waals surface area contributed by atoms with Crippen molar-refractivity contribution in [3.63, 3.8) is 0 Å². The van der Waals surface area contributed by atoms with Crippen LogP contribution in [0.1, 0.15) is 24.2 Å². The van der Waals surface area contributed by atoms with Crippen LogP contribution in [-0.2, 0) is 4.74 Å². The van der Waals surface area contributed by atoms with Gasteiger partial charge in [0.15, 0.2) is 5.78 Å². The molecule has 0 bridgehead atoms. The Balaban J connectivity index is 2.63.